The molecule has 0 bridgehead atoms. The zero-order valence-corrected chi connectivity index (χ0v) is 17.1. The molecule has 0 saturated carbocycles. The van der Waals surface area contributed by atoms with Crippen molar-refractivity contribution in [3.05, 3.63) is 33.1 Å². The van der Waals surface area contributed by atoms with Crippen LogP contribution in [0.4, 0.5) is 0 Å². The minimum Gasteiger partial charge on any atom is -0.347 e. The Kier molecular flexibility index (Phi) is 8.54. The number of fused-ring (bicyclic) bond motifs is 1. The number of aromatic amines is 2. The molecule has 152 valence electrons. The molecule has 2 N–H and O–H groups in total. The van der Waals surface area contributed by atoms with E-state index < -0.39 is 7.60 Å². The highest BCUT2D eigenvalue weighted by atomic mass is 31.2. The van der Waals surface area contributed by atoms with Crippen molar-refractivity contribution < 1.29 is 13.6 Å². The molecular weight excluding hydrogens is 369 g/mol. The van der Waals surface area contributed by atoms with Gasteiger partial charge in [-0.1, -0.05) is 25.7 Å². The molecule has 0 aliphatic carbocycles. The van der Waals surface area contributed by atoms with E-state index in [0.717, 1.165) is 38.5 Å². The topological polar surface area (TPSA) is 106 Å². The molecule has 0 aliphatic heterocycles. The van der Waals surface area contributed by atoms with E-state index in [2.05, 4.69) is 9.97 Å². The number of unbranched alkanes of at least 4 members (excludes halogenated alkanes) is 5. The second-order valence-electron chi connectivity index (χ2n) is 6.44. The van der Waals surface area contributed by atoms with Crippen LogP contribution in [0, 0.1) is 0 Å². The molecule has 0 saturated heterocycles. The molecular formula is C18H30N3O5P. The lowest BCUT2D eigenvalue weighted by atomic mass is 10.1. The summed E-state index contributed by atoms with van der Waals surface area (Å²) in [7, 11) is -2.92. The van der Waals surface area contributed by atoms with Gasteiger partial charge in [-0.15, -0.1) is 0 Å². The summed E-state index contributed by atoms with van der Waals surface area (Å²) in [6.45, 7) is 5.00. The third kappa shape index (κ3) is 6.19. The summed E-state index contributed by atoms with van der Waals surface area (Å²) >= 11 is 0. The Morgan fingerprint density at radius 3 is 2.30 bits per heavy atom. The van der Waals surface area contributed by atoms with Crippen LogP contribution in [-0.4, -0.2) is 33.9 Å². The van der Waals surface area contributed by atoms with Gasteiger partial charge in [0.1, 0.15) is 5.65 Å². The van der Waals surface area contributed by atoms with E-state index in [-0.39, 0.29) is 11.2 Å². The van der Waals surface area contributed by atoms with Gasteiger partial charge in [-0.05, 0) is 32.8 Å². The summed E-state index contributed by atoms with van der Waals surface area (Å²) < 4.78 is 24.5. The first-order valence-corrected chi connectivity index (χ1v) is 11.4. The molecule has 0 radical (unpaired) electrons. The smallest absolute Gasteiger partial charge is 0.330 e. The van der Waals surface area contributed by atoms with Crippen LogP contribution in [0.15, 0.2) is 21.9 Å². The quantitative estimate of drug-likeness (QED) is 0.395. The normalized spacial score (nSPS) is 12.1. The van der Waals surface area contributed by atoms with Crippen LogP contribution in [0.25, 0.3) is 11.0 Å². The summed E-state index contributed by atoms with van der Waals surface area (Å²) in [5.41, 5.74) is -0.159. The Hall–Kier alpha value is -1.63. The molecule has 0 unspecified atom stereocenters. The summed E-state index contributed by atoms with van der Waals surface area (Å²) in [4.78, 5) is 29.0. The summed E-state index contributed by atoms with van der Waals surface area (Å²) in [6.07, 6.45) is 7.85. The highest BCUT2D eigenvalue weighted by Crippen LogP contribution is 2.48. The molecule has 0 fully saturated rings. The van der Waals surface area contributed by atoms with Crippen LogP contribution in [0.5, 0.6) is 0 Å². The van der Waals surface area contributed by atoms with Crippen LogP contribution < -0.4 is 11.2 Å². The first kappa shape index (κ1) is 21.7. The fourth-order valence-corrected chi connectivity index (χ4v) is 4.89. The summed E-state index contributed by atoms with van der Waals surface area (Å²) in [5, 5.41) is 0.502. The maximum Gasteiger partial charge on any atom is 0.330 e. The van der Waals surface area contributed by atoms with E-state index in [1.165, 1.54) is 0 Å². The number of nitrogens with zero attached hydrogens (tertiary/aromatic N) is 1. The average molecular weight is 399 g/mol. The van der Waals surface area contributed by atoms with E-state index in [9.17, 15) is 14.2 Å². The van der Waals surface area contributed by atoms with E-state index in [4.69, 9.17) is 9.05 Å². The molecule has 2 rings (SSSR count). The van der Waals surface area contributed by atoms with Gasteiger partial charge in [0, 0.05) is 12.7 Å². The van der Waals surface area contributed by atoms with Crippen LogP contribution in [0.2, 0.25) is 0 Å². The van der Waals surface area contributed by atoms with Gasteiger partial charge >= 0.3 is 13.3 Å². The van der Waals surface area contributed by atoms with Crippen molar-refractivity contribution in [2.45, 2.75) is 58.9 Å². The lowest BCUT2D eigenvalue weighted by molar-refractivity contribution is 0.219. The Labute approximate surface area is 158 Å². The molecule has 2 aromatic heterocycles. The van der Waals surface area contributed by atoms with Gasteiger partial charge in [0.15, 0.2) is 0 Å². The molecule has 0 spiro atoms. The Morgan fingerprint density at radius 1 is 1.00 bits per heavy atom. The van der Waals surface area contributed by atoms with Crippen molar-refractivity contribution in [2.24, 2.45) is 0 Å². The zero-order valence-electron chi connectivity index (χ0n) is 16.2. The molecule has 27 heavy (non-hydrogen) atoms. The number of rotatable bonds is 13. The fraction of sp³-hybridized carbons (Fsp3) is 0.667. The molecule has 2 heterocycles. The highest BCUT2D eigenvalue weighted by Gasteiger charge is 2.22. The Balaban J connectivity index is 1.69. The van der Waals surface area contributed by atoms with Crippen molar-refractivity contribution in [3.8, 4) is 0 Å². The second-order valence-corrected chi connectivity index (χ2v) is 8.63. The molecule has 0 aromatic carbocycles. The van der Waals surface area contributed by atoms with Crippen LogP contribution in [-0.2, 0) is 20.2 Å². The summed E-state index contributed by atoms with van der Waals surface area (Å²) in [6, 6.07) is 1.67. The fourth-order valence-electron chi connectivity index (χ4n) is 3.16. The number of aryl methyl sites for hydroxylation is 1. The lowest BCUT2D eigenvalue weighted by Crippen LogP contribution is -2.30. The third-order valence-corrected chi connectivity index (χ3v) is 6.59. The Bertz CT molecular complexity index is 860. The lowest BCUT2D eigenvalue weighted by Gasteiger charge is -2.16. The van der Waals surface area contributed by atoms with Crippen molar-refractivity contribution in [1.29, 1.82) is 0 Å². The standard InChI is InChI=1S/C18H30N3O5P/c1-3-25-27(24,26-4-2)14-10-8-6-5-7-9-13-21-16-15(11-12-19-16)17(22)20-18(21)23/h11-12,19H,3-10,13-14H2,1-2H3,(H,20,22,23). The largest absolute Gasteiger partial charge is 0.347 e. The van der Waals surface area contributed by atoms with Gasteiger partial charge in [0.2, 0.25) is 0 Å². The average Bonchev–Trinajstić information content (AvgIpc) is 3.10. The minimum atomic E-state index is -2.92. The summed E-state index contributed by atoms with van der Waals surface area (Å²) in [5.74, 6) is 0. The van der Waals surface area contributed by atoms with Crippen LogP contribution >= 0.6 is 7.60 Å². The number of hydrogen-bond acceptors (Lipinski definition) is 5. The number of aromatic nitrogens is 3. The van der Waals surface area contributed by atoms with E-state index in [0.29, 0.717) is 37.0 Å². The molecule has 0 aliphatic rings. The van der Waals surface area contributed by atoms with Gasteiger partial charge in [0.05, 0.1) is 24.8 Å². The number of nitrogens with one attached hydrogen (secondary N) is 2. The van der Waals surface area contributed by atoms with Gasteiger partial charge in [-0.2, -0.15) is 0 Å². The maximum atomic E-state index is 12.3. The molecule has 0 atom stereocenters. The van der Waals surface area contributed by atoms with Gasteiger partial charge in [-0.25, -0.2) is 4.79 Å². The van der Waals surface area contributed by atoms with Crippen molar-refractivity contribution >= 4 is 18.6 Å². The van der Waals surface area contributed by atoms with Crippen molar-refractivity contribution in [2.75, 3.05) is 19.4 Å². The van der Waals surface area contributed by atoms with Gasteiger partial charge in [-0.3, -0.25) is 18.9 Å². The predicted molar refractivity (Wildman–Crippen MR) is 107 cm³/mol. The van der Waals surface area contributed by atoms with Crippen molar-refractivity contribution in [1.82, 2.24) is 14.5 Å². The molecule has 9 heteroatoms. The Morgan fingerprint density at radius 2 is 1.63 bits per heavy atom. The highest BCUT2D eigenvalue weighted by molar-refractivity contribution is 7.53. The second kappa shape index (κ2) is 10.6. The van der Waals surface area contributed by atoms with Crippen molar-refractivity contribution in [3.63, 3.8) is 0 Å². The number of hydrogen-bond donors (Lipinski definition) is 2. The number of H-pyrrole nitrogens is 2. The minimum absolute atomic E-state index is 0.358. The first-order valence-electron chi connectivity index (χ1n) is 9.69. The van der Waals surface area contributed by atoms with Gasteiger partial charge < -0.3 is 14.0 Å². The zero-order chi connectivity index (χ0) is 19.7. The van der Waals surface area contributed by atoms with Gasteiger partial charge in [0.25, 0.3) is 5.56 Å². The van der Waals surface area contributed by atoms with E-state index in [1.807, 2.05) is 13.8 Å². The molecule has 0 amide bonds. The first-order chi connectivity index (χ1) is 13.0. The molecule has 2 aromatic rings. The van der Waals surface area contributed by atoms with Crippen LogP contribution in [0.3, 0.4) is 0 Å². The molecule has 8 nitrogen and oxygen atoms in total. The SMILES string of the molecule is CCOP(=O)(CCCCCCCCn1c(=O)[nH]c(=O)c2cc[nH]c21)OCC. The van der Waals surface area contributed by atoms with E-state index >= 15 is 0 Å². The predicted octanol–water partition coefficient (Wildman–Crippen LogP) is 3.62. The van der Waals surface area contributed by atoms with Crippen LogP contribution in [0.1, 0.15) is 52.4 Å². The third-order valence-electron chi connectivity index (χ3n) is 4.42. The maximum absolute atomic E-state index is 12.3. The monoisotopic (exact) mass is 399 g/mol. The van der Waals surface area contributed by atoms with E-state index in [1.54, 1.807) is 16.8 Å².